The number of aryl methyl sites for hydroxylation is 1. The maximum absolute atomic E-state index is 13.6. The second-order valence-electron chi connectivity index (χ2n) is 7.68. The Morgan fingerprint density at radius 2 is 1.90 bits per heavy atom. The minimum atomic E-state index is -4.60. The first-order valence-corrected chi connectivity index (χ1v) is 9.93. The quantitative estimate of drug-likeness (QED) is 0.536. The molecular weight excluding hydrogens is 404 g/mol. The third-order valence-corrected chi connectivity index (χ3v) is 5.54. The summed E-state index contributed by atoms with van der Waals surface area (Å²) in [7, 11) is 0. The summed E-state index contributed by atoms with van der Waals surface area (Å²) in [5.74, 6) is -3.28. The zero-order valence-electron chi connectivity index (χ0n) is 16.6. The van der Waals surface area contributed by atoms with Gasteiger partial charge < -0.3 is 15.0 Å². The summed E-state index contributed by atoms with van der Waals surface area (Å²) in [5.41, 5.74) is 2.56. The number of aromatic nitrogens is 1. The number of H-pyrrole nitrogens is 1. The van der Waals surface area contributed by atoms with Gasteiger partial charge in [0.1, 0.15) is 5.82 Å². The Morgan fingerprint density at radius 3 is 2.60 bits per heavy atom. The summed E-state index contributed by atoms with van der Waals surface area (Å²) >= 11 is 0. The van der Waals surface area contributed by atoms with Gasteiger partial charge in [-0.05, 0) is 49.9 Å². The first kappa shape index (κ1) is 22.1. The van der Waals surface area contributed by atoms with Crippen LogP contribution in [0.2, 0.25) is 0 Å². The minimum absolute atomic E-state index is 0.268. The molecule has 164 valence electrons. The van der Waals surface area contributed by atoms with Crippen molar-refractivity contribution in [3.63, 3.8) is 0 Å². The molecule has 0 spiro atoms. The van der Waals surface area contributed by atoms with E-state index in [0.29, 0.717) is 25.7 Å². The number of hydrogen-bond donors (Lipinski definition) is 2. The van der Waals surface area contributed by atoms with Crippen LogP contribution in [0.25, 0.3) is 10.9 Å². The third-order valence-electron chi connectivity index (χ3n) is 5.54. The van der Waals surface area contributed by atoms with Crippen LogP contribution < -0.4 is 5.32 Å². The smallest absolute Gasteiger partial charge is 0.422 e. The summed E-state index contributed by atoms with van der Waals surface area (Å²) in [6.45, 7) is 0.486. The second-order valence-corrected chi connectivity index (χ2v) is 7.68. The highest BCUT2D eigenvalue weighted by molar-refractivity contribution is 5.86. The molecule has 1 aromatic heterocycles. The SMILES string of the molecule is Cc1[nH]c2ccc(F)cc2c1CCNC(=O)[C@H]1CCCC[C@@H]1C(=O)OCC(F)(F)F. The molecule has 1 aliphatic rings. The van der Waals surface area contributed by atoms with E-state index in [9.17, 15) is 27.2 Å². The number of halogens is 4. The van der Waals surface area contributed by atoms with Crippen molar-refractivity contribution in [2.75, 3.05) is 13.2 Å². The Bertz CT molecular complexity index is 923. The fourth-order valence-corrected chi connectivity index (χ4v) is 4.11. The van der Waals surface area contributed by atoms with Crippen molar-refractivity contribution in [1.29, 1.82) is 0 Å². The first-order chi connectivity index (χ1) is 14.2. The van der Waals surface area contributed by atoms with Gasteiger partial charge >= 0.3 is 12.1 Å². The van der Waals surface area contributed by atoms with Crippen molar-refractivity contribution < 1.29 is 31.9 Å². The van der Waals surface area contributed by atoms with Crippen LogP contribution in [-0.2, 0) is 20.7 Å². The van der Waals surface area contributed by atoms with E-state index in [1.165, 1.54) is 12.1 Å². The lowest BCUT2D eigenvalue weighted by molar-refractivity contribution is -0.191. The normalized spacial score (nSPS) is 19.6. The molecule has 1 aliphatic carbocycles. The maximum Gasteiger partial charge on any atom is 0.422 e. The number of alkyl halides is 3. The van der Waals surface area contributed by atoms with E-state index in [1.54, 1.807) is 6.07 Å². The van der Waals surface area contributed by atoms with Gasteiger partial charge in [0.15, 0.2) is 6.61 Å². The minimum Gasteiger partial charge on any atom is -0.456 e. The average molecular weight is 428 g/mol. The lowest BCUT2D eigenvalue weighted by atomic mass is 9.78. The summed E-state index contributed by atoms with van der Waals surface area (Å²) in [4.78, 5) is 27.9. The van der Waals surface area contributed by atoms with Gasteiger partial charge in [-0.2, -0.15) is 13.2 Å². The molecule has 1 saturated carbocycles. The second kappa shape index (κ2) is 9.06. The van der Waals surface area contributed by atoms with E-state index < -0.39 is 30.6 Å². The van der Waals surface area contributed by atoms with Gasteiger partial charge in [0.25, 0.3) is 0 Å². The van der Waals surface area contributed by atoms with Crippen LogP contribution in [-0.4, -0.2) is 36.2 Å². The number of esters is 1. The molecule has 0 bridgehead atoms. The van der Waals surface area contributed by atoms with Crippen LogP contribution in [0.1, 0.15) is 36.9 Å². The third kappa shape index (κ3) is 5.31. The first-order valence-electron chi connectivity index (χ1n) is 9.93. The molecule has 2 atom stereocenters. The van der Waals surface area contributed by atoms with Crippen molar-refractivity contribution in [3.8, 4) is 0 Å². The van der Waals surface area contributed by atoms with Gasteiger partial charge in [-0.3, -0.25) is 9.59 Å². The lowest BCUT2D eigenvalue weighted by Crippen LogP contribution is -2.41. The van der Waals surface area contributed by atoms with Crippen molar-refractivity contribution in [3.05, 3.63) is 35.3 Å². The van der Waals surface area contributed by atoms with Crippen LogP contribution in [0.5, 0.6) is 0 Å². The fourth-order valence-electron chi connectivity index (χ4n) is 4.11. The van der Waals surface area contributed by atoms with E-state index in [2.05, 4.69) is 15.0 Å². The Morgan fingerprint density at radius 1 is 1.20 bits per heavy atom. The molecule has 0 unspecified atom stereocenters. The van der Waals surface area contributed by atoms with Gasteiger partial charge in [-0.15, -0.1) is 0 Å². The van der Waals surface area contributed by atoms with E-state index in [4.69, 9.17) is 0 Å². The summed E-state index contributed by atoms with van der Waals surface area (Å²) in [6, 6.07) is 4.45. The molecule has 0 aliphatic heterocycles. The van der Waals surface area contributed by atoms with E-state index in [-0.39, 0.29) is 18.3 Å². The maximum atomic E-state index is 13.6. The average Bonchev–Trinajstić information content (AvgIpc) is 3.00. The Kier molecular flexibility index (Phi) is 6.67. The number of carbonyl (C=O) groups excluding carboxylic acids is 2. The fraction of sp³-hybridized carbons (Fsp3) is 0.524. The van der Waals surface area contributed by atoms with Crippen LogP contribution >= 0.6 is 0 Å². The number of rotatable bonds is 6. The molecule has 1 amide bonds. The van der Waals surface area contributed by atoms with Gasteiger partial charge in [-0.1, -0.05) is 12.8 Å². The van der Waals surface area contributed by atoms with Gasteiger partial charge in [0, 0.05) is 23.1 Å². The van der Waals surface area contributed by atoms with E-state index in [0.717, 1.165) is 28.6 Å². The Labute approximate surface area is 171 Å². The highest BCUT2D eigenvalue weighted by Crippen LogP contribution is 2.32. The zero-order valence-corrected chi connectivity index (χ0v) is 16.6. The number of nitrogens with one attached hydrogen (secondary N) is 2. The molecule has 0 saturated heterocycles. The molecule has 3 rings (SSSR count). The van der Waals surface area contributed by atoms with E-state index >= 15 is 0 Å². The van der Waals surface area contributed by atoms with E-state index in [1.807, 2.05) is 6.92 Å². The summed E-state index contributed by atoms with van der Waals surface area (Å²) in [5, 5.41) is 3.52. The molecule has 1 aromatic carbocycles. The molecular formula is C21H24F4N2O3. The number of fused-ring (bicyclic) bond motifs is 1. The molecule has 1 fully saturated rings. The number of aromatic amines is 1. The number of hydrogen-bond acceptors (Lipinski definition) is 3. The number of amides is 1. The molecule has 2 N–H and O–H groups in total. The lowest BCUT2D eigenvalue weighted by Gasteiger charge is -2.29. The molecule has 2 aromatic rings. The largest absolute Gasteiger partial charge is 0.456 e. The predicted octanol–water partition coefficient (Wildman–Crippen LogP) is 4.19. The summed E-state index contributed by atoms with van der Waals surface area (Å²) in [6.07, 6.45) is -2.00. The van der Waals surface area contributed by atoms with Gasteiger partial charge in [0.2, 0.25) is 5.91 Å². The van der Waals surface area contributed by atoms with Crippen LogP contribution in [0.3, 0.4) is 0 Å². The van der Waals surface area contributed by atoms with Gasteiger partial charge in [-0.25, -0.2) is 4.39 Å². The number of ether oxygens (including phenoxy) is 1. The molecule has 1 heterocycles. The number of benzene rings is 1. The topological polar surface area (TPSA) is 71.2 Å². The molecule has 5 nitrogen and oxygen atoms in total. The van der Waals surface area contributed by atoms with Crippen LogP contribution in [0.15, 0.2) is 18.2 Å². The number of carbonyl (C=O) groups is 2. The van der Waals surface area contributed by atoms with Crippen molar-refractivity contribution in [2.45, 2.75) is 45.2 Å². The Hall–Kier alpha value is -2.58. The monoisotopic (exact) mass is 428 g/mol. The van der Waals surface area contributed by atoms with Crippen LogP contribution in [0.4, 0.5) is 17.6 Å². The molecule has 9 heteroatoms. The molecule has 30 heavy (non-hydrogen) atoms. The van der Waals surface area contributed by atoms with Gasteiger partial charge in [0.05, 0.1) is 11.8 Å². The van der Waals surface area contributed by atoms with Crippen molar-refractivity contribution >= 4 is 22.8 Å². The zero-order chi connectivity index (χ0) is 21.9. The highest BCUT2D eigenvalue weighted by atomic mass is 19.4. The van der Waals surface area contributed by atoms with Crippen LogP contribution in [0, 0.1) is 24.6 Å². The summed E-state index contributed by atoms with van der Waals surface area (Å²) < 4.78 is 54.9. The predicted molar refractivity (Wildman–Crippen MR) is 102 cm³/mol. The standard InChI is InChI=1S/C21H24F4N2O3/c1-12-14(17-10-13(22)6-7-18(17)27-12)8-9-26-19(28)15-4-2-3-5-16(15)20(29)30-11-21(23,24)25/h6-7,10,15-16,27H,2-5,8-9,11H2,1H3,(H,26,28)/t15-,16-/m0/s1. The van der Waals surface area contributed by atoms with Crippen molar-refractivity contribution in [2.24, 2.45) is 11.8 Å². The molecule has 0 radical (unpaired) electrons. The highest BCUT2D eigenvalue weighted by Gasteiger charge is 2.38. The van der Waals surface area contributed by atoms with Crippen molar-refractivity contribution in [1.82, 2.24) is 10.3 Å². The Balaban J connectivity index is 1.60.